The second-order valence-electron chi connectivity index (χ2n) is 5.93. The minimum absolute atomic E-state index is 0.108. The minimum Gasteiger partial charge on any atom is -0.485 e. The number of rotatable bonds is 9. The molecule has 2 N–H and O–H groups in total. The van der Waals surface area contributed by atoms with E-state index in [1.807, 2.05) is 32.0 Å². The summed E-state index contributed by atoms with van der Waals surface area (Å²) in [5.41, 5.74) is 2.22. The zero-order valence-corrected chi connectivity index (χ0v) is 14.5. The summed E-state index contributed by atoms with van der Waals surface area (Å²) in [7, 11) is 0. The standard InChI is InChI=1S/C19H23NO5/c1-13-6-8-16(14(2)11-13)24-12-15-7-9-17(25-15)19(23)20-10-4-3-5-18(21)22/h6-9,11H,3-5,10,12H2,1-2H3,(H,20,23)(H,21,22). The van der Waals surface area contributed by atoms with Gasteiger partial charge in [0.2, 0.25) is 0 Å². The highest BCUT2D eigenvalue weighted by Gasteiger charge is 2.11. The number of nitrogens with one attached hydrogen (secondary N) is 1. The molecule has 6 heteroatoms. The molecule has 0 bridgehead atoms. The molecule has 2 rings (SSSR count). The molecule has 1 aromatic carbocycles. The Bertz CT molecular complexity index is 735. The molecule has 1 heterocycles. The van der Waals surface area contributed by atoms with Gasteiger partial charge in [-0.2, -0.15) is 0 Å². The first-order chi connectivity index (χ1) is 12.0. The Labute approximate surface area is 146 Å². The van der Waals surface area contributed by atoms with Crippen LogP contribution in [0.1, 0.15) is 46.7 Å². The van der Waals surface area contributed by atoms with Crippen molar-refractivity contribution >= 4 is 11.9 Å². The molecule has 0 aliphatic heterocycles. The molecule has 0 radical (unpaired) electrons. The molecule has 1 amide bonds. The summed E-state index contributed by atoms with van der Waals surface area (Å²) in [6, 6.07) is 9.25. The summed E-state index contributed by atoms with van der Waals surface area (Å²) in [5, 5.41) is 11.3. The van der Waals surface area contributed by atoms with Crippen molar-refractivity contribution in [2.24, 2.45) is 0 Å². The molecule has 0 atom stereocenters. The highest BCUT2D eigenvalue weighted by Crippen LogP contribution is 2.20. The Morgan fingerprint density at radius 2 is 1.96 bits per heavy atom. The molecular weight excluding hydrogens is 322 g/mol. The predicted octanol–water partition coefficient (Wildman–Crippen LogP) is 3.46. The normalized spacial score (nSPS) is 10.5. The van der Waals surface area contributed by atoms with Crippen LogP contribution in [0.25, 0.3) is 0 Å². The summed E-state index contributed by atoms with van der Waals surface area (Å²) in [5.74, 6) is 0.429. The summed E-state index contributed by atoms with van der Waals surface area (Å²) >= 11 is 0. The lowest BCUT2D eigenvalue weighted by molar-refractivity contribution is -0.137. The number of unbranched alkanes of at least 4 members (excludes halogenated alkanes) is 1. The summed E-state index contributed by atoms with van der Waals surface area (Å²) in [6.07, 6.45) is 1.25. The molecule has 0 spiro atoms. The molecule has 25 heavy (non-hydrogen) atoms. The third kappa shape index (κ3) is 5.99. The van der Waals surface area contributed by atoms with Crippen LogP contribution in [0.4, 0.5) is 0 Å². The lowest BCUT2D eigenvalue weighted by Gasteiger charge is -2.08. The monoisotopic (exact) mass is 345 g/mol. The van der Waals surface area contributed by atoms with Crippen molar-refractivity contribution in [2.75, 3.05) is 6.54 Å². The number of benzene rings is 1. The smallest absolute Gasteiger partial charge is 0.303 e. The van der Waals surface area contributed by atoms with Crippen molar-refractivity contribution in [3.63, 3.8) is 0 Å². The topological polar surface area (TPSA) is 88.8 Å². The van der Waals surface area contributed by atoms with E-state index in [1.54, 1.807) is 12.1 Å². The quantitative estimate of drug-likeness (QED) is 0.680. The van der Waals surface area contributed by atoms with Crippen molar-refractivity contribution in [1.29, 1.82) is 0 Å². The van der Waals surface area contributed by atoms with Gasteiger partial charge in [-0.3, -0.25) is 9.59 Å². The van der Waals surface area contributed by atoms with Crippen molar-refractivity contribution in [1.82, 2.24) is 5.32 Å². The third-order valence-electron chi connectivity index (χ3n) is 3.69. The van der Waals surface area contributed by atoms with E-state index in [9.17, 15) is 9.59 Å². The average molecular weight is 345 g/mol. The van der Waals surface area contributed by atoms with Crippen LogP contribution < -0.4 is 10.1 Å². The molecule has 6 nitrogen and oxygen atoms in total. The minimum atomic E-state index is -0.828. The molecule has 0 fully saturated rings. The van der Waals surface area contributed by atoms with Crippen LogP contribution in [-0.2, 0) is 11.4 Å². The fraction of sp³-hybridized carbons (Fsp3) is 0.368. The molecule has 134 valence electrons. The second-order valence-corrected chi connectivity index (χ2v) is 5.93. The number of carboxylic acids is 1. The van der Waals surface area contributed by atoms with E-state index in [0.29, 0.717) is 25.1 Å². The van der Waals surface area contributed by atoms with Gasteiger partial charge in [-0.15, -0.1) is 0 Å². The first kappa shape index (κ1) is 18.6. The van der Waals surface area contributed by atoms with E-state index in [0.717, 1.165) is 11.3 Å². The maximum Gasteiger partial charge on any atom is 0.303 e. The zero-order valence-electron chi connectivity index (χ0n) is 14.5. The van der Waals surface area contributed by atoms with Crippen molar-refractivity contribution in [3.05, 3.63) is 53.0 Å². The highest BCUT2D eigenvalue weighted by atomic mass is 16.5. The number of carboxylic acid groups (broad SMARTS) is 1. The van der Waals surface area contributed by atoms with Gasteiger partial charge in [0.1, 0.15) is 18.1 Å². The Balaban J connectivity index is 1.79. The van der Waals surface area contributed by atoms with Crippen LogP contribution in [0.3, 0.4) is 0 Å². The number of aryl methyl sites for hydroxylation is 2. The molecule has 1 aromatic heterocycles. The van der Waals surface area contributed by atoms with Gasteiger partial charge in [0.25, 0.3) is 5.91 Å². The van der Waals surface area contributed by atoms with Gasteiger partial charge in [-0.05, 0) is 50.5 Å². The van der Waals surface area contributed by atoms with Gasteiger partial charge in [0.05, 0.1) is 0 Å². The molecule has 0 unspecified atom stereocenters. The SMILES string of the molecule is Cc1ccc(OCc2ccc(C(=O)NCCCCC(=O)O)o2)c(C)c1. The average Bonchev–Trinajstić information content (AvgIpc) is 3.02. The van der Waals surface area contributed by atoms with E-state index in [-0.39, 0.29) is 24.7 Å². The number of hydrogen-bond donors (Lipinski definition) is 2. The predicted molar refractivity (Wildman–Crippen MR) is 92.8 cm³/mol. The Kier molecular flexibility index (Phi) is 6.62. The number of ether oxygens (including phenoxy) is 1. The number of carbonyl (C=O) groups is 2. The second kappa shape index (κ2) is 8.92. The Hall–Kier alpha value is -2.76. The van der Waals surface area contributed by atoms with Crippen molar-refractivity contribution in [2.45, 2.75) is 39.7 Å². The zero-order chi connectivity index (χ0) is 18.2. The molecule has 0 aliphatic carbocycles. The van der Waals surface area contributed by atoms with Crippen LogP contribution in [0.15, 0.2) is 34.7 Å². The fourth-order valence-electron chi connectivity index (χ4n) is 2.38. The molecule has 0 aliphatic rings. The van der Waals surface area contributed by atoms with Gasteiger partial charge < -0.3 is 19.6 Å². The van der Waals surface area contributed by atoms with E-state index < -0.39 is 5.97 Å². The molecule has 0 saturated heterocycles. The molecular formula is C19H23NO5. The van der Waals surface area contributed by atoms with Crippen LogP contribution in [0, 0.1) is 13.8 Å². The van der Waals surface area contributed by atoms with Crippen molar-refractivity contribution < 1.29 is 23.8 Å². The lowest BCUT2D eigenvalue weighted by atomic mass is 10.1. The fourth-order valence-corrected chi connectivity index (χ4v) is 2.38. The molecule has 0 saturated carbocycles. The van der Waals surface area contributed by atoms with Crippen molar-refractivity contribution in [3.8, 4) is 5.75 Å². The van der Waals surface area contributed by atoms with Gasteiger partial charge in [0.15, 0.2) is 5.76 Å². The van der Waals surface area contributed by atoms with Gasteiger partial charge in [0, 0.05) is 13.0 Å². The van der Waals surface area contributed by atoms with E-state index in [2.05, 4.69) is 5.32 Å². The number of carbonyl (C=O) groups excluding carboxylic acids is 1. The lowest BCUT2D eigenvalue weighted by Crippen LogP contribution is -2.24. The first-order valence-electron chi connectivity index (χ1n) is 8.24. The van der Waals surface area contributed by atoms with Crippen LogP contribution in [0.2, 0.25) is 0 Å². The van der Waals surface area contributed by atoms with Gasteiger partial charge in [-0.25, -0.2) is 0 Å². The Morgan fingerprint density at radius 3 is 2.68 bits per heavy atom. The highest BCUT2D eigenvalue weighted by molar-refractivity contribution is 5.91. The summed E-state index contributed by atoms with van der Waals surface area (Å²) in [6.45, 7) is 4.67. The number of furan rings is 1. The van der Waals surface area contributed by atoms with Crippen LogP contribution >= 0.6 is 0 Å². The largest absolute Gasteiger partial charge is 0.485 e. The maximum absolute atomic E-state index is 12.0. The van der Waals surface area contributed by atoms with Crippen LogP contribution in [0.5, 0.6) is 5.75 Å². The van der Waals surface area contributed by atoms with Gasteiger partial charge >= 0.3 is 5.97 Å². The number of aliphatic carboxylic acids is 1. The number of amides is 1. The third-order valence-corrected chi connectivity index (χ3v) is 3.69. The van der Waals surface area contributed by atoms with E-state index >= 15 is 0 Å². The first-order valence-corrected chi connectivity index (χ1v) is 8.24. The summed E-state index contributed by atoms with van der Waals surface area (Å²) < 4.78 is 11.2. The number of hydrogen-bond acceptors (Lipinski definition) is 4. The Morgan fingerprint density at radius 1 is 1.16 bits per heavy atom. The molecule has 2 aromatic rings. The van der Waals surface area contributed by atoms with E-state index in [1.165, 1.54) is 5.56 Å². The van der Waals surface area contributed by atoms with Gasteiger partial charge in [-0.1, -0.05) is 17.7 Å². The maximum atomic E-state index is 12.0. The summed E-state index contributed by atoms with van der Waals surface area (Å²) in [4.78, 5) is 22.4. The van der Waals surface area contributed by atoms with E-state index in [4.69, 9.17) is 14.3 Å². The van der Waals surface area contributed by atoms with Crippen LogP contribution in [-0.4, -0.2) is 23.5 Å².